The van der Waals surface area contributed by atoms with Gasteiger partial charge in [0.2, 0.25) is 0 Å². The number of alkyl halides is 1. The molecule has 3 nitrogen and oxygen atoms in total. The van der Waals surface area contributed by atoms with Gasteiger partial charge in [0.05, 0.1) is 18.7 Å². The van der Waals surface area contributed by atoms with Crippen LogP contribution in [0.15, 0.2) is 133 Å². The van der Waals surface area contributed by atoms with Crippen LogP contribution >= 0.6 is 0 Å². The molecule has 0 aliphatic heterocycles. The molecule has 4 aromatic carbocycles. The Labute approximate surface area is 221 Å². The topological polar surface area (TPSA) is 34.9 Å². The molecule has 1 unspecified atom stereocenters. The van der Waals surface area contributed by atoms with E-state index in [1.54, 1.807) is 0 Å². The normalized spacial score (nSPS) is 16.4. The number of nitrogens with zero attached hydrogens (tertiary/aromatic N) is 2. The third kappa shape index (κ3) is 3.99. The second-order valence-corrected chi connectivity index (χ2v) is 9.64. The summed E-state index contributed by atoms with van der Waals surface area (Å²) in [5.41, 5.74) is 5.79. The molecule has 1 atom stereocenters. The van der Waals surface area contributed by atoms with Crippen LogP contribution in [0, 0.1) is 5.92 Å². The fourth-order valence-corrected chi connectivity index (χ4v) is 5.54. The number of carbonyl (C=O) groups excluding carboxylic acids is 1. The minimum atomic E-state index is -0.661. The van der Waals surface area contributed by atoms with E-state index in [2.05, 4.69) is 83.6 Å². The predicted molar refractivity (Wildman–Crippen MR) is 149 cm³/mol. The Balaban J connectivity index is 1.55. The van der Waals surface area contributed by atoms with Gasteiger partial charge in [0.15, 0.2) is 5.78 Å². The molecule has 5 aromatic rings. The van der Waals surface area contributed by atoms with Gasteiger partial charge >= 0.3 is 0 Å². The number of rotatable bonds is 7. The van der Waals surface area contributed by atoms with Gasteiger partial charge in [-0.2, -0.15) is 0 Å². The molecule has 1 aliphatic rings. The molecular formula is C34H27FN2O. The summed E-state index contributed by atoms with van der Waals surface area (Å²) < 4.78 is 15.6. The maximum Gasteiger partial charge on any atom is 0.159 e. The van der Waals surface area contributed by atoms with Crippen molar-refractivity contribution in [3.8, 4) is 11.3 Å². The van der Waals surface area contributed by atoms with Crippen molar-refractivity contribution >= 4 is 11.9 Å². The highest BCUT2D eigenvalue weighted by Crippen LogP contribution is 2.42. The summed E-state index contributed by atoms with van der Waals surface area (Å²) in [5, 5.41) is 0. The van der Waals surface area contributed by atoms with E-state index < -0.39 is 12.2 Å². The van der Waals surface area contributed by atoms with Gasteiger partial charge in [-0.05, 0) is 28.3 Å². The average Bonchev–Trinajstić information content (AvgIpc) is 3.47. The Hall–Kier alpha value is -4.57. The molecule has 6 rings (SSSR count). The van der Waals surface area contributed by atoms with E-state index in [4.69, 9.17) is 4.98 Å². The molecule has 1 heterocycles. The molecule has 1 fully saturated rings. The molecule has 0 radical (unpaired) electrons. The first-order valence-electron chi connectivity index (χ1n) is 12.8. The number of allylic oxidation sites excluding steroid dienone is 1. The van der Waals surface area contributed by atoms with E-state index in [1.807, 2.05) is 54.9 Å². The fraction of sp³-hybridized carbons (Fsp3) is 0.118. The maximum absolute atomic E-state index is 13.4. The largest absolute Gasteiger partial charge is 0.318 e. The average molecular weight is 499 g/mol. The Morgan fingerprint density at radius 3 is 1.84 bits per heavy atom. The van der Waals surface area contributed by atoms with Crippen LogP contribution in [0.1, 0.15) is 28.7 Å². The van der Waals surface area contributed by atoms with Crippen molar-refractivity contribution in [3.05, 3.63) is 156 Å². The summed E-state index contributed by atoms with van der Waals surface area (Å²) in [4.78, 5) is 17.1. The summed E-state index contributed by atoms with van der Waals surface area (Å²) in [6, 6.07) is 39.2. The second-order valence-electron chi connectivity index (χ2n) is 9.64. The Morgan fingerprint density at radius 1 is 0.789 bits per heavy atom. The minimum absolute atomic E-state index is 0.0178. The van der Waals surface area contributed by atoms with Crippen LogP contribution in [-0.4, -0.2) is 22.0 Å². The van der Waals surface area contributed by atoms with E-state index in [9.17, 15) is 9.18 Å². The van der Waals surface area contributed by atoms with Crippen LogP contribution in [0.2, 0.25) is 0 Å². The molecule has 0 N–H and O–H groups in total. The third-order valence-electron chi connectivity index (χ3n) is 7.47. The highest BCUT2D eigenvalue weighted by molar-refractivity contribution is 6.07. The summed E-state index contributed by atoms with van der Waals surface area (Å²) in [6.45, 7) is -0.512. The smallest absolute Gasteiger partial charge is 0.159 e. The first kappa shape index (κ1) is 23.8. The van der Waals surface area contributed by atoms with Crippen molar-refractivity contribution in [1.29, 1.82) is 0 Å². The van der Waals surface area contributed by atoms with Crippen LogP contribution in [0.25, 0.3) is 17.3 Å². The van der Waals surface area contributed by atoms with Crippen molar-refractivity contribution in [2.24, 2.45) is 5.92 Å². The van der Waals surface area contributed by atoms with Crippen LogP contribution in [-0.2, 0) is 10.3 Å². The summed E-state index contributed by atoms with van der Waals surface area (Å²) >= 11 is 0. The zero-order chi connectivity index (χ0) is 26.0. The molecule has 1 aromatic heterocycles. The number of hydrogen-bond donors (Lipinski definition) is 0. The van der Waals surface area contributed by atoms with Gasteiger partial charge in [0.1, 0.15) is 5.54 Å². The molecule has 0 saturated heterocycles. The van der Waals surface area contributed by atoms with Crippen molar-refractivity contribution in [2.75, 3.05) is 6.67 Å². The number of carbonyl (C=O) groups is 1. The highest BCUT2D eigenvalue weighted by Gasteiger charge is 2.38. The van der Waals surface area contributed by atoms with Crippen molar-refractivity contribution < 1.29 is 9.18 Å². The van der Waals surface area contributed by atoms with Gasteiger partial charge in [0, 0.05) is 29.7 Å². The lowest BCUT2D eigenvalue weighted by Gasteiger charge is -2.37. The third-order valence-corrected chi connectivity index (χ3v) is 7.47. The molecule has 1 saturated carbocycles. The number of benzene rings is 4. The van der Waals surface area contributed by atoms with Crippen LogP contribution < -0.4 is 0 Å². The second kappa shape index (κ2) is 10.1. The molecule has 0 bridgehead atoms. The Bertz CT molecular complexity index is 1490. The number of imidazole rings is 1. The van der Waals surface area contributed by atoms with Gasteiger partial charge in [-0.15, -0.1) is 0 Å². The zero-order valence-corrected chi connectivity index (χ0v) is 20.9. The van der Waals surface area contributed by atoms with Crippen molar-refractivity contribution in [2.45, 2.75) is 12.0 Å². The van der Waals surface area contributed by atoms with Gasteiger partial charge in [-0.25, -0.2) is 4.98 Å². The first-order chi connectivity index (χ1) is 18.7. The molecule has 38 heavy (non-hydrogen) atoms. The fourth-order valence-electron chi connectivity index (χ4n) is 5.54. The van der Waals surface area contributed by atoms with E-state index in [0.717, 1.165) is 33.5 Å². The SMILES string of the molecule is O=C1CC(CF)C1=Cc1ccccc1-c1cn(C(c2ccccc2)(c2ccccc2)c2ccccc2)cn1. The van der Waals surface area contributed by atoms with E-state index >= 15 is 0 Å². The molecule has 4 heteroatoms. The summed E-state index contributed by atoms with van der Waals surface area (Å²) in [7, 11) is 0. The van der Waals surface area contributed by atoms with Crippen molar-refractivity contribution in [3.63, 3.8) is 0 Å². The molecule has 186 valence electrons. The standard InChI is InChI=1S/C34H27FN2O/c35-22-26-21-33(38)31(26)20-25-12-10-11-19-30(25)32-23-37(24-36-32)34(27-13-4-1-5-14-27,28-15-6-2-7-16-28)29-17-8-3-9-18-29/h1-20,23-24,26H,21-22H2. The predicted octanol–water partition coefficient (Wildman–Crippen LogP) is 7.33. The van der Waals surface area contributed by atoms with Crippen LogP contribution in [0.4, 0.5) is 4.39 Å². The summed E-state index contributed by atoms with van der Waals surface area (Å²) in [5.74, 6) is -0.292. The van der Waals surface area contributed by atoms with E-state index in [-0.39, 0.29) is 18.1 Å². The Morgan fingerprint density at radius 2 is 1.32 bits per heavy atom. The van der Waals surface area contributed by atoms with Gasteiger partial charge in [-0.1, -0.05) is 115 Å². The van der Waals surface area contributed by atoms with Gasteiger partial charge < -0.3 is 4.57 Å². The van der Waals surface area contributed by atoms with Crippen LogP contribution in [0.5, 0.6) is 0 Å². The monoisotopic (exact) mass is 498 g/mol. The first-order valence-corrected chi connectivity index (χ1v) is 12.8. The van der Waals surface area contributed by atoms with E-state index in [0.29, 0.717) is 5.57 Å². The maximum atomic E-state index is 13.4. The summed E-state index contributed by atoms with van der Waals surface area (Å²) in [6.07, 6.45) is 6.07. The van der Waals surface area contributed by atoms with Gasteiger partial charge in [-0.3, -0.25) is 9.18 Å². The molecular weight excluding hydrogens is 471 g/mol. The Kier molecular flexibility index (Phi) is 6.30. The van der Waals surface area contributed by atoms with Gasteiger partial charge in [0.25, 0.3) is 0 Å². The lowest BCUT2D eigenvalue weighted by atomic mass is 9.76. The van der Waals surface area contributed by atoms with Crippen LogP contribution in [0.3, 0.4) is 0 Å². The number of ketones is 1. The molecule has 0 spiro atoms. The number of aromatic nitrogens is 2. The van der Waals surface area contributed by atoms with E-state index in [1.165, 1.54) is 0 Å². The number of hydrogen-bond acceptors (Lipinski definition) is 2. The number of Topliss-reactive ketones (excluding diaryl/α,β-unsaturated/α-hetero) is 1. The molecule has 0 amide bonds. The quantitative estimate of drug-likeness (QED) is 0.174. The lowest BCUT2D eigenvalue weighted by Crippen LogP contribution is -2.36. The highest BCUT2D eigenvalue weighted by atomic mass is 19.1. The lowest BCUT2D eigenvalue weighted by molar-refractivity contribution is -0.120. The number of halogens is 1. The van der Waals surface area contributed by atoms with Crippen molar-refractivity contribution in [1.82, 2.24) is 9.55 Å². The zero-order valence-electron chi connectivity index (χ0n) is 20.9. The minimum Gasteiger partial charge on any atom is -0.318 e. The molecule has 1 aliphatic carbocycles.